The van der Waals surface area contributed by atoms with E-state index in [1.165, 1.54) is 38.5 Å². The van der Waals surface area contributed by atoms with Crippen molar-refractivity contribution in [1.82, 2.24) is 10.1 Å². The van der Waals surface area contributed by atoms with Gasteiger partial charge in [-0.2, -0.15) is 4.98 Å². The molecule has 0 aliphatic heterocycles. The van der Waals surface area contributed by atoms with E-state index in [0.717, 1.165) is 34.1 Å². The molecule has 4 aliphatic carbocycles. The van der Waals surface area contributed by atoms with Crippen molar-refractivity contribution in [2.24, 2.45) is 17.8 Å². The van der Waals surface area contributed by atoms with Crippen LogP contribution < -0.4 is 5.73 Å². The van der Waals surface area contributed by atoms with Crippen LogP contribution in [0.25, 0.3) is 10.8 Å². The third-order valence-corrected chi connectivity index (χ3v) is 6.75. The number of hydrogen-bond acceptors (Lipinski definition) is 5. The Bertz CT molecular complexity index is 654. The lowest BCUT2D eigenvalue weighted by Crippen LogP contribution is -2.49. The molecule has 0 atom stereocenters. The van der Waals surface area contributed by atoms with Gasteiger partial charge in [-0.05, 0) is 67.7 Å². The Labute approximate surface area is 127 Å². The number of thiophene rings is 1. The zero-order valence-corrected chi connectivity index (χ0v) is 12.7. The lowest BCUT2D eigenvalue weighted by molar-refractivity contribution is -0.0103. The first kappa shape index (κ1) is 12.2. The molecule has 4 nitrogen and oxygen atoms in total. The van der Waals surface area contributed by atoms with E-state index in [9.17, 15) is 0 Å². The molecule has 4 aliphatic rings. The quantitative estimate of drug-likeness (QED) is 0.915. The van der Waals surface area contributed by atoms with Gasteiger partial charge < -0.3 is 10.3 Å². The molecule has 0 amide bonds. The highest BCUT2D eigenvalue weighted by molar-refractivity contribution is 7.14. The molecule has 21 heavy (non-hydrogen) atoms. The fraction of sp³-hybridized carbons (Fsp3) is 0.625. The molecule has 0 unspecified atom stereocenters. The van der Waals surface area contributed by atoms with Crippen molar-refractivity contribution in [3.05, 3.63) is 17.3 Å². The molecule has 110 valence electrons. The molecule has 4 bridgehead atoms. The van der Waals surface area contributed by atoms with Gasteiger partial charge >= 0.3 is 0 Å². The summed E-state index contributed by atoms with van der Waals surface area (Å²) >= 11 is 1.57. The van der Waals surface area contributed by atoms with Gasteiger partial charge in [-0.1, -0.05) is 5.16 Å². The van der Waals surface area contributed by atoms with Crippen LogP contribution in [-0.2, 0) is 5.41 Å². The largest absolute Gasteiger partial charge is 0.397 e. The molecule has 4 saturated carbocycles. The van der Waals surface area contributed by atoms with E-state index in [0.29, 0.717) is 5.89 Å². The van der Waals surface area contributed by atoms with Gasteiger partial charge in [0.15, 0.2) is 5.82 Å². The van der Waals surface area contributed by atoms with E-state index in [1.807, 2.05) is 11.4 Å². The average Bonchev–Trinajstić information content (AvgIpc) is 3.05. The SMILES string of the molecule is Nc1ccsc1-c1nc(C23CC4CC(CC(C4)C2)C3)no1. The Balaban J connectivity index is 1.54. The number of anilines is 1. The summed E-state index contributed by atoms with van der Waals surface area (Å²) in [5.74, 6) is 4.23. The Hall–Kier alpha value is -1.36. The van der Waals surface area contributed by atoms with Crippen LogP contribution in [0.1, 0.15) is 44.3 Å². The number of hydrogen-bond donors (Lipinski definition) is 1. The third-order valence-electron chi connectivity index (χ3n) is 5.83. The van der Waals surface area contributed by atoms with Crippen molar-refractivity contribution >= 4 is 17.0 Å². The predicted octanol–water partition coefficient (Wildman–Crippen LogP) is 3.85. The van der Waals surface area contributed by atoms with Crippen LogP contribution in [0.5, 0.6) is 0 Å². The zero-order chi connectivity index (χ0) is 14.0. The number of nitrogens with zero attached hydrogens (tertiary/aromatic N) is 2. The van der Waals surface area contributed by atoms with Gasteiger partial charge in [0.2, 0.25) is 0 Å². The van der Waals surface area contributed by atoms with E-state index in [1.54, 1.807) is 11.3 Å². The van der Waals surface area contributed by atoms with Crippen molar-refractivity contribution in [1.29, 1.82) is 0 Å². The standard InChI is InChI=1S/C16H19N3OS/c17-12-1-2-21-13(12)14-18-15(19-20-14)16-6-9-3-10(7-16)5-11(4-9)8-16/h1-2,9-11H,3-8,17H2. The summed E-state index contributed by atoms with van der Waals surface area (Å²) in [4.78, 5) is 5.67. The highest BCUT2D eigenvalue weighted by atomic mass is 32.1. The van der Waals surface area contributed by atoms with Gasteiger partial charge in [-0.25, -0.2) is 0 Å². The molecule has 5 heteroatoms. The Kier molecular flexibility index (Phi) is 2.38. The second kappa shape index (κ2) is 4.09. The van der Waals surface area contributed by atoms with Gasteiger partial charge in [-0.15, -0.1) is 11.3 Å². The normalized spacial score (nSPS) is 37.2. The van der Waals surface area contributed by atoms with Gasteiger partial charge in [0.05, 0.1) is 5.69 Å². The monoisotopic (exact) mass is 301 g/mol. The molecule has 6 rings (SSSR count). The Morgan fingerprint density at radius 3 is 2.38 bits per heavy atom. The number of nitrogen functional groups attached to an aromatic ring is 1. The fourth-order valence-electron chi connectivity index (χ4n) is 5.41. The van der Waals surface area contributed by atoms with Crippen LogP contribution in [0.2, 0.25) is 0 Å². The highest BCUT2D eigenvalue weighted by Crippen LogP contribution is 2.60. The van der Waals surface area contributed by atoms with Gasteiger partial charge in [-0.3, -0.25) is 0 Å². The molecular weight excluding hydrogens is 282 g/mol. The smallest absolute Gasteiger partial charge is 0.270 e. The molecular formula is C16H19N3OS. The van der Waals surface area contributed by atoms with Crippen LogP contribution in [0, 0.1) is 17.8 Å². The fourth-order valence-corrected chi connectivity index (χ4v) is 6.15. The lowest BCUT2D eigenvalue weighted by atomic mass is 9.49. The van der Waals surface area contributed by atoms with Gasteiger partial charge in [0, 0.05) is 5.41 Å². The third kappa shape index (κ3) is 1.73. The number of nitrogens with two attached hydrogens (primary N) is 1. The molecule has 0 saturated heterocycles. The summed E-state index contributed by atoms with van der Waals surface area (Å²) in [5.41, 5.74) is 6.90. The minimum Gasteiger partial charge on any atom is -0.397 e. The second-order valence-electron chi connectivity index (χ2n) is 7.33. The van der Waals surface area contributed by atoms with Crippen LogP contribution in [-0.4, -0.2) is 10.1 Å². The molecule has 2 aromatic heterocycles. The number of aromatic nitrogens is 2. The number of rotatable bonds is 2. The van der Waals surface area contributed by atoms with Gasteiger partial charge in [0.1, 0.15) is 4.88 Å². The minimum atomic E-state index is 0.197. The van der Waals surface area contributed by atoms with E-state index in [-0.39, 0.29) is 5.41 Å². The summed E-state index contributed by atoms with van der Waals surface area (Å²) in [5, 5.41) is 6.34. The summed E-state index contributed by atoms with van der Waals surface area (Å²) in [6, 6.07) is 1.90. The van der Waals surface area contributed by atoms with E-state index in [2.05, 4.69) is 5.16 Å². The first-order chi connectivity index (χ1) is 10.2. The van der Waals surface area contributed by atoms with Crippen molar-refractivity contribution < 1.29 is 4.52 Å². The summed E-state index contributed by atoms with van der Waals surface area (Å²) < 4.78 is 5.55. The van der Waals surface area contributed by atoms with Crippen molar-refractivity contribution in [2.45, 2.75) is 43.9 Å². The van der Waals surface area contributed by atoms with Crippen LogP contribution >= 0.6 is 11.3 Å². The molecule has 2 N–H and O–H groups in total. The van der Waals surface area contributed by atoms with E-state index >= 15 is 0 Å². The van der Waals surface area contributed by atoms with E-state index < -0.39 is 0 Å². The zero-order valence-electron chi connectivity index (χ0n) is 11.9. The Morgan fingerprint density at radius 2 is 1.81 bits per heavy atom. The first-order valence-electron chi connectivity index (χ1n) is 7.89. The molecule has 0 aromatic carbocycles. The summed E-state index contributed by atoms with van der Waals surface area (Å²) in [7, 11) is 0. The van der Waals surface area contributed by atoms with Crippen LogP contribution in [0.3, 0.4) is 0 Å². The van der Waals surface area contributed by atoms with Crippen molar-refractivity contribution in [3.63, 3.8) is 0 Å². The predicted molar refractivity (Wildman–Crippen MR) is 81.9 cm³/mol. The van der Waals surface area contributed by atoms with Crippen molar-refractivity contribution in [3.8, 4) is 10.8 Å². The molecule has 4 fully saturated rings. The Morgan fingerprint density at radius 1 is 1.14 bits per heavy atom. The summed E-state index contributed by atoms with van der Waals surface area (Å²) in [6.07, 6.45) is 8.08. The van der Waals surface area contributed by atoms with Gasteiger partial charge in [0.25, 0.3) is 5.89 Å². The highest BCUT2D eigenvalue weighted by Gasteiger charge is 2.53. The minimum absolute atomic E-state index is 0.197. The topological polar surface area (TPSA) is 64.9 Å². The molecule has 0 radical (unpaired) electrons. The summed E-state index contributed by atoms with van der Waals surface area (Å²) in [6.45, 7) is 0. The average molecular weight is 301 g/mol. The van der Waals surface area contributed by atoms with Crippen LogP contribution in [0.4, 0.5) is 5.69 Å². The maximum atomic E-state index is 5.97. The molecule has 0 spiro atoms. The van der Waals surface area contributed by atoms with Crippen LogP contribution in [0.15, 0.2) is 16.0 Å². The maximum absolute atomic E-state index is 5.97. The first-order valence-corrected chi connectivity index (χ1v) is 8.77. The lowest BCUT2D eigenvalue weighted by Gasteiger charge is -2.55. The van der Waals surface area contributed by atoms with E-state index in [4.69, 9.17) is 15.2 Å². The molecule has 2 aromatic rings. The molecule has 2 heterocycles. The maximum Gasteiger partial charge on any atom is 0.270 e. The second-order valence-corrected chi connectivity index (χ2v) is 8.24. The van der Waals surface area contributed by atoms with Crippen molar-refractivity contribution in [2.75, 3.05) is 5.73 Å².